The fraction of sp³-hybridized carbons (Fsp3) is 0.174. The number of hydrogen-bond acceptors (Lipinski definition) is 3. The van der Waals surface area contributed by atoms with Crippen molar-refractivity contribution in [1.82, 2.24) is 0 Å². The molecule has 0 bridgehead atoms. The van der Waals surface area contributed by atoms with E-state index in [0.717, 1.165) is 39.7 Å². The van der Waals surface area contributed by atoms with Crippen molar-refractivity contribution in [3.63, 3.8) is 0 Å². The third-order valence-electron chi connectivity index (χ3n) is 4.68. The maximum Gasteiger partial charge on any atom is 0.416 e. The van der Waals surface area contributed by atoms with E-state index in [1.807, 2.05) is 6.92 Å². The lowest BCUT2D eigenvalue weighted by molar-refractivity contribution is -0.137. The van der Waals surface area contributed by atoms with Crippen molar-refractivity contribution in [3.05, 3.63) is 89.5 Å². The first kappa shape index (κ1) is 23.3. The van der Waals surface area contributed by atoms with Crippen LogP contribution >= 0.6 is 0 Å². The van der Waals surface area contributed by atoms with E-state index < -0.39 is 34.2 Å². The van der Waals surface area contributed by atoms with Gasteiger partial charge in [-0.3, -0.25) is 9.10 Å². The second-order valence-electron chi connectivity index (χ2n) is 7.29. The number of aryl methyl sites for hydroxylation is 2. The molecule has 1 N–H and O–H groups in total. The van der Waals surface area contributed by atoms with Gasteiger partial charge in [0.25, 0.3) is 10.0 Å². The van der Waals surface area contributed by atoms with Crippen LogP contribution in [-0.2, 0) is 21.0 Å². The summed E-state index contributed by atoms with van der Waals surface area (Å²) in [6, 6.07) is 16.8. The number of nitrogens with zero attached hydrogens (tertiary/aromatic N) is 1. The third-order valence-corrected chi connectivity index (χ3v) is 6.47. The minimum Gasteiger partial charge on any atom is -0.325 e. The summed E-state index contributed by atoms with van der Waals surface area (Å²) in [6.45, 7) is 3.06. The Morgan fingerprint density at radius 1 is 0.906 bits per heavy atom. The van der Waals surface area contributed by atoms with Gasteiger partial charge in [-0.25, -0.2) is 8.42 Å². The predicted molar refractivity (Wildman–Crippen MR) is 117 cm³/mol. The number of hydrogen-bond donors (Lipinski definition) is 1. The number of halogens is 3. The van der Waals surface area contributed by atoms with Gasteiger partial charge in [-0.2, -0.15) is 13.2 Å². The van der Waals surface area contributed by atoms with Crippen molar-refractivity contribution in [2.75, 3.05) is 16.2 Å². The summed E-state index contributed by atoms with van der Waals surface area (Å²) in [5, 5.41) is 2.46. The third kappa shape index (κ3) is 5.47. The predicted octanol–water partition coefficient (Wildman–Crippen LogP) is 5.16. The number of sulfonamides is 1. The molecule has 0 atom stereocenters. The number of benzene rings is 3. The van der Waals surface area contributed by atoms with E-state index in [4.69, 9.17) is 0 Å². The molecule has 0 unspecified atom stereocenters. The molecule has 0 fully saturated rings. The fourth-order valence-corrected chi connectivity index (χ4v) is 4.42. The van der Waals surface area contributed by atoms with Crippen LogP contribution < -0.4 is 9.62 Å². The van der Waals surface area contributed by atoms with E-state index >= 15 is 0 Å². The normalized spacial score (nSPS) is 11.8. The lowest BCUT2D eigenvalue weighted by Gasteiger charge is -2.24. The molecule has 3 aromatic rings. The Kier molecular flexibility index (Phi) is 6.59. The van der Waals surface area contributed by atoms with Crippen LogP contribution in [0.5, 0.6) is 0 Å². The average molecular weight is 462 g/mol. The number of nitrogens with one attached hydrogen (secondary N) is 1. The molecule has 5 nitrogen and oxygen atoms in total. The van der Waals surface area contributed by atoms with Gasteiger partial charge in [0, 0.05) is 5.69 Å². The van der Waals surface area contributed by atoms with Crippen LogP contribution in [0.15, 0.2) is 77.7 Å². The Labute approximate surface area is 184 Å². The first-order valence-electron chi connectivity index (χ1n) is 9.60. The Bertz CT molecular complexity index is 1210. The number of amides is 1. The van der Waals surface area contributed by atoms with Crippen molar-refractivity contribution in [2.24, 2.45) is 0 Å². The number of rotatable bonds is 6. The smallest absolute Gasteiger partial charge is 0.325 e. The quantitative estimate of drug-likeness (QED) is 0.551. The van der Waals surface area contributed by atoms with Gasteiger partial charge in [0.2, 0.25) is 5.91 Å². The van der Waals surface area contributed by atoms with Crippen LogP contribution in [-0.4, -0.2) is 20.9 Å². The highest BCUT2D eigenvalue weighted by Gasteiger charge is 2.30. The van der Waals surface area contributed by atoms with Crippen molar-refractivity contribution in [3.8, 4) is 0 Å². The van der Waals surface area contributed by atoms with Gasteiger partial charge in [-0.15, -0.1) is 0 Å². The second-order valence-corrected chi connectivity index (χ2v) is 9.15. The summed E-state index contributed by atoms with van der Waals surface area (Å²) in [5.74, 6) is -0.693. The van der Waals surface area contributed by atoms with Gasteiger partial charge in [-0.05, 0) is 67.9 Å². The van der Waals surface area contributed by atoms with Gasteiger partial charge in [0.05, 0.1) is 16.1 Å². The Morgan fingerprint density at radius 3 is 2.09 bits per heavy atom. The monoisotopic (exact) mass is 462 g/mol. The molecule has 0 aliphatic rings. The molecule has 3 rings (SSSR count). The molecule has 0 heterocycles. The molecule has 168 valence electrons. The minimum atomic E-state index is -4.49. The van der Waals surface area contributed by atoms with Crippen LogP contribution in [0.2, 0.25) is 0 Å². The maximum atomic E-state index is 13.3. The van der Waals surface area contributed by atoms with Crippen LogP contribution in [0.3, 0.4) is 0 Å². The average Bonchev–Trinajstić information content (AvgIpc) is 2.72. The molecule has 3 aromatic carbocycles. The largest absolute Gasteiger partial charge is 0.416 e. The van der Waals surface area contributed by atoms with Crippen molar-refractivity contribution in [2.45, 2.75) is 24.9 Å². The highest BCUT2D eigenvalue weighted by atomic mass is 32.2. The number of alkyl halides is 3. The molecule has 9 heteroatoms. The Hall–Kier alpha value is -3.33. The zero-order valence-corrected chi connectivity index (χ0v) is 18.2. The maximum absolute atomic E-state index is 13.3. The summed E-state index contributed by atoms with van der Waals surface area (Å²) < 4.78 is 65.8. The highest BCUT2D eigenvalue weighted by Crippen LogP contribution is 2.30. The van der Waals surface area contributed by atoms with Crippen LogP contribution in [0.1, 0.15) is 16.7 Å². The fourth-order valence-electron chi connectivity index (χ4n) is 3.01. The molecule has 0 aliphatic heterocycles. The first-order chi connectivity index (χ1) is 15.0. The van der Waals surface area contributed by atoms with Crippen molar-refractivity contribution >= 4 is 27.3 Å². The minimum absolute atomic E-state index is 0.0203. The molecule has 1 amide bonds. The molecular weight excluding hydrogens is 441 g/mol. The molecule has 0 spiro atoms. The van der Waals surface area contributed by atoms with E-state index in [9.17, 15) is 26.4 Å². The topological polar surface area (TPSA) is 66.5 Å². The zero-order chi connectivity index (χ0) is 23.5. The number of carbonyl (C=O) groups excluding carboxylic acids is 1. The lowest BCUT2D eigenvalue weighted by atomic mass is 10.2. The highest BCUT2D eigenvalue weighted by molar-refractivity contribution is 7.92. The summed E-state index contributed by atoms with van der Waals surface area (Å²) in [4.78, 5) is 12.7. The second kappa shape index (κ2) is 9.04. The van der Waals surface area contributed by atoms with E-state index in [0.29, 0.717) is 5.69 Å². The zero-order valence-electron chi connectivity index (χ0n) is 17.3. The van der Waals surface area contributed by atoms with E-state index in [1.165, 1.54) is 12.1 Å². The van der Waals surface area contributed by atoms with Crippen LogP contribution in [0, 0.1) is 13.8 Å². The van der Waals surface area contributed by atoms with Crippen LogP contribution in [0.4, 0.5) is 24.5 Å². The molecule has 0 aromatic heterocycles. The molecule has 32 heavy (non-hydrogen) atoms. The van der Waals surface area contributed by atoms with Gasteiger partial charge in [0.1, 0.15) is 6.54 Å². The Balaban J connectivity index is 1.89. The summed E-state index contributed by atoms with van der Waals surface area (Å²) >= 11 is 0. The Morgan fingerprint density at radius 2 is 1.53 bits per heavy atom. The van der Waals surface area contributed by atoms with Crippen molar-refractivity contribution in [1.29, 1.82) is 0 Å². The summed E-state index contributed by atoms with van der Waals surface area (Å²) in [5.41, 5.74) is 1.26. The number of anilines is 2. The first-order valence-corrected chi connectivity index (χ1v) is 11.0. The molecule has 0 saturated carbocycles. The standard InChI is InChI=1S/C23H21F3N2O3S/c1-16-6-12-21(13-7-16)32(30,31)28(20-5-3-4-17(2)14-20)15-22(29)27-19-10-8-18(9-11-19)23(24,25)26/h3-14H,15H2,1-2H3,(H,27,29). The van der Waals surface area contributed by atoms with Crippen molar-refractivity contribution < 1.29 is 26.4 Å². The summed E-state index contributed by atoms with van der Waals surface area (Å²) in [7, 11) is -4.08. The van der Waals surface area contributed by atoms with Gasteiger partial charge in [-0.1, -0.05) is 29.8 Å². The van der Waals surface area contributed by atoms with E-state index in [1.54, 1.807) is 43.3 Å². The van der Waals surface area contributed by atoms with Gasteiger partial charge in [0.15, 0.2) is 0 Å². The number of carbonyl (C=O) groups is 1. The molecular formula is C23H21F3N2O3S. The SMILES string of the molecule is Cc1ccc(S(=O)(=O)N(CC(=O)Nc2ccc(C(F)(F)F)cc2)c2cccc(C)c2)cc1. The molecule has 0 saturated heterocycles. The van der Waals surface area contributed by atoms with Gasteiger partial charge >= 0.3 is 6.18 Å². The van der Waals surface area contributed by atoms with E-state index in [-0.39, 0.29) is 10.6 Å². The van der Waals surface area contributed by atoms with Gasteiger partial charge < -0.3 is 5.32 Å². The summed E-state index contributed by atoms with van der Waals surface area (Å²) in [6.07, 6.45) is -4.49. The molecule has 0 aliphatic carbocycles. The lowest BCUT2D eigenvalue weighted by Crippen LogP contribution is -2.38. The van der Waals surface area contributed by atoms with Crippen LogP contribution in [0.25, 0.3) is 0 Å². The molecule has 0 radical (unpaired) electrons. The van der Waals surface area contributed by atoms with E-state index in [2.05, 4.69) is 5.32 Å².